The van der Waals surface area contributed by atoms with Crippen LogP contribution in [0.25, 0.3) is 0 Å². The van der Waals surface area contributed by atoms with Crippen LogP contribution in [-0.4, -0.2) is 63.5 Å². The number of ether oxygens (including phenoxy) is 3. The van der Waals surface area contributed by atoms with Gasteiger partial charge in [0.05, 0.1) is 24.4 Å². The lowest BCUT2D eigenvalue weighted by Gasteiger charge is -2.30. The van der Waals surface area contributed by atoms with Crippen LogP contribution in [-0.2, 0) is 25.8 Å². The molecule has 0 fully saturated rings. The van der Waals surface area contributed by atoms with Crippen LogP contribution in [0.2, 0.25) is 0 Å². The minimum absolute atomic E-state index is 0.0325. The third-order valence-electron chi connectivity index (χ3n) is 8.05. The highest BCUT2D eigenvalue weighted by atomic mass is 32.2. The third kappa shape index (κ3) is 8.38. The molecule has 0 aromatic heterocycles. The molecule has 0 aliphatic carbocycles. The fourth-order valence-corrected chi connectivity index (χ4v) is 6.89. The van der Waals surface area contributed by atoms with Crippen LogP contribution in [0.15, 0.2) is 119 Å². The molecule has 0 saturated carbocycles. The first-order valence-corrected chi connectivity index (χ1v) is 17.3. The van der Waals surface area contributed by atoms with Gasteiger partial charge in [0.15, 0.2) is 21.5 Å². The van der Waals surface area contributed by atoms with E-state index in [0.717, 1.165) is 12.0 Å². The van der Waals surface area contributed by atoms with E-state index in [0.29, 0.717) is 48.6 Å². The molecule has 2 N–H and O–H groups in total. The normalized spacial score (nSPS) is 17.4. The lowest BCUT2D eigenvalue weighted by atomic mass is 9.85. The average Bonchev–Trinajstić information content (AvgIpc) is 3.51. The second kappa shape index (κ2) is 15.8. The highest BCUT2D eigenvalue weighted by molar-refractivity contribution is 7.91. The Kier molecular flexibility index (Phi) is 11.3. The SMILES string of the molecule is COc1cccc([C@H]2OC(c3ccc(OCCCO)cc3)=N[C@@]2(CCS(=O)(=O)c2ccccc2)C(=O)NCCCc2ccccc2)c1. The molecule has 5 rings (SSSR count). The summed E-state index contributed by atoms with van der Waals surface area (Å²) in [6.45, 7) is 0.774. The highest BCUT2D eigenvalue weighted by Crippen LogP contribution is 2.44. The molecule has 2 atom stereocenters. The summed E-state index contributed by atoms with van der Waals surface area (Å²) >= 11 is 0. The molecule has 1 amide bonds. The number of amides is 1. The topological polar surface area (TPSA) is 124 Å². The van der Waals surface area contributed by atoms with Crippen LogP contribution in [0.4, 0.5) is 0 Å². The zero-order valence-corrected chi connectivity index (χ0v) is 27.2. The smallest absolute Gasteiger partial charge is 0.252 e. The molecule has 9 nitrogen and oxygen atoms in total. The predicted molar refractivity (Wildman–Crippen MR) is 181 cm³/mol. The fourth-order valence-electron chi connectivity index (χ4n) is 5.50. The van der Waals surface area contributed by atoms with Gasteiger partial charge in [-0.15, -0.1) is 0 Å². The van der Waals surface area contributed by atoms with Crippen molar-refractivity contribution in [3.05, 3.63) is 126 Å². The Morgan fingerprint density at radius 1 is 0.915 bits per heavy atom. The van der Waals surface area contributed by atoms with Crippen LogP contribution >= 0.6 is 0 Å². The van der Waals surface area contributed by atoms with Gasteiger partial charge in [-0.3, -0.25) is 4.79 Å². The molecule has 246 valence electrons. The number of nitrogens with one attached hydrogen (secondary N) is 1. The second-order valence-electron chi connectivity index (χ2n) is 11.3. The van der Waals surface area contributed by atoms with Crippen molar-refractivity contribution in [3.63, 3.8) is 0 Å². The Morgan fingerprint density at radius 3 is 2.34 bits per heavy atom. The van der Waals surface area contributed by atoms with Gasteiger partial charge in [0.2, 0.25) is 5.90 Å². The van der Waals surface area contributed by atoms with Gasteiger partial charge < -0.3 is 24.6 Å². The van der Waals surface area contributed by atoms with E-state index in [1.54, 1.807) is 79.9 Å². The summed E-state index contributed by atoms with van der Waals surface area (Å²) in [7, 11) is -2.21. The van der Waals surface area contributed by atoms with Crippen LogP contribution in [0.1, 0.15) is 42.1 Å². The standard InChI is InChI=1S/C37H40N2O7S/c1-44-32-15-8-14-30(27-32)34-37(22-26-47(42,43)33-16-6-3-7-17-33,36(41)38-23-9-13-28-11-4-2-5-12-28)39-35(46-34)29-18-20-31(21-19-29)45-25-10-24-40/h2-8,11-12,14-21,27,34,40H,9-10,13,22-26H2,1H3,(H,38,41)/t34-,37-/m1/s1. The Balaban J connectivity index is 1.50. The molecule has 1 aliphatic heterocycles. The lowest BCUT2D eigenvalue weighted by molar-refractivity contribution is -0.129. The van der Waals surface area contributed by atoms with Crippen molar-refractivity contribution >= 4 is 21.6 Å². The number of aliphatic imine (C=N–C) groups is 1. The van der Waals surface area contributed by atoms with Crippen LogP contribution in [0.5, 0.6) is 11.5 Å². The third-order valence-corrected chi connectivity index (χ3v) is 9.78. The monoisotopic (exact) mass is 656 g/mol. The van der Waals surface area contributed by atoms with Gasteiger partial charge in [0, 0.05) is 31.6 Å². The second-order valence-corrected chi connectivity index (χ2v) is 13.4. The van der Waals surface area contributed by atoms with Crippen LogP contribution in [0, 0.1) is 0 Å². The van der Waals surface area contributed by atoms with Gasteiger partial charge in [-0.25, -0.2) is 13.4 Å². The summed E-state index contributed by atoms with van der Waals surface area (Å²) in [6, 6.07) is 32.5. The van der Waals surface area contributed by atoms with Crippen molar-refractivity contribution in [3.8, 4) is 11.5 Å². The number of rotatable bonds is 16. The first-order chi connectivity index (χ1) is 22.8. The van der Waals surface area contributed by atoms with E-state index >= 15 is 0 Å². The maximum atomic E-state index is 14.4. The molecule has 0 unspecified atom stereocenters. The number of aryl methyl sites for hydroxylation is 1. The molecule has 1 aliphatic rings. The van der Waals surface area contributed by atoms with E-state index in [-0.39, 0.29) is 29.6 Å². The van der Waals surface area contributed by atoms with Gasteiger partial charge in [0.1, 0.15) is 11.5 Å². The first-order valence-electron chi connectivity index (χ1n) is 15.7. The summed E-state index contributed by atoms with van der Waals surface area (Å²) in [5.41, 5.74) is 0.792. The first kappa shape index (κ1) is 33.7. The van der Waals surface area contributed by atoms with Crippen molar-refractivity contribution in [1.29, 1.82) is 0 Å². The Labute approximate surface area is 276 Å². The van der Waals surface area contributed by atoms with Crippen molar-refractivity contribution in [2.24, 2.45) is 4.99 Å². The van der Waals surface area contributed by atoms with Crippen LogP contribution < -0.4 is 14.8 Å². The van der Waals surface area contributed by atoms with Gasteiger partial charge >= 0.3 is 0 Å². The Bertz CT molecular complexity index is 1750. The predicted octanol–water partition coefficient (Wildman–Crippen LogP) is 5.33. The summed E-state index contributed by atoms with van der Waals surface area (Å²) in [4.78, 5) is 19.5. The molecule has 0 bridgehead atoms. The molecule has 4 aromatic carbocycles. The Hall–Kier alpha value is -4.67. The fraction of sp³-hybridized carbons (Fsp3) is 0.297. The van der Waals surface area contributed by atoms with E-state index < -0.39 is 27.4 Å². The van der Waals surface area contributed by atoms with Gasteiger partial charge in [-0.2, -0.15) is 0 Å². The molecular weight excluding hydrogens is 616 g/mol. The summed E-state index contributed by atoms with van der Waals surface area (Å²) in [5, 5.41) is 12.1. The van der Waals surface area contributed by atoms with Crippen molar-refractivity contribution in [1.82, 2.24) is 5.32 Å². The van der Waals surface area contributed by atoms with E-state index in [4.69, 9.17) is 24.3 Å². The zero-order valence-electron chi connectivity index (χ0n) is 26.4. The van der Waals surface area contributed by atoms with E-state index in [1.807, 2.05) is 36.4 Å². The summed E-state index contributed by atoms with van der Waals surface area (Å²) in [6.07, 6.45) is 0.908. The number of carbonyl (C=O) groups is 1. The molecular formula is C37H40N2O7S. The number of aliphatic hydroxyl groups is 1. The van der Waals surface area contributed by atoms with Gasteiger partial charge in [0.25, 0.3) is 5.91 Å². The number of nitrogens with zero attached hydrogens (tertiary/aromatic N) is 1. The van der Waals surface area contributed by atoms with Crippen molar-refractivity contribution in [2.75, 3.05) is 32.6 Å². The summed E-state index contributed by atoms with van der Waals surface area (Å²) < 4.78 is 44.8. The molecule has 0 radical (unpaired) electrons. The van der Waals surface area contributed by atoms with Crippen molar-refractivity contribution < 1.29 is 32.5 Å². The van der Waals surface area contributed by atoms with Gasteiger partial charge in [-0.05, 0) is 72.5 Å². The number of hydrogen-bond acceptors (Lipinski definition) is 8. The van der Waals surface area contributed by atoms with Crippen molar-refractivity contribution in [2.45, 2.75) is 42.2 Å². The number of aliphatic hydroxyl groups excluding tert-OH is 1. The minimum atomic E-state index is -3.76. The van der Waals surface area contributed by atoms with E-state index in [1.165, 1.54) is 0 Å². The molecule has 4 aromatic rings. The number of methoxy groups -OCH3 is 1. The lowest BCUT2D eigenvalue weighted by Crippen LogP contribution is -2.49. The van der Waals surface area contributed by atoms with E-state index in [9.17, 15) is 13.2 Å². The van der Waals surface area contributed by atoms with Crippen LogP contribution in [0.3, 0.4) is 0 Å². The maximum Gasteiger partial charge on any atom is 0.252 e. The molecule has 47 heavy (non-hydrogen) atoms. The molecule has 0 saturated heterocycles. The largest absolute Gasteiger partial charge is 0.497 e. The van der Waals surface area contributed by atoms with Gasteiger partial charge in [-0.1, -0.05) is 60.7 Å². The highest BCUT2D eigenvalue weighted by Gasteiger charge is 2.53. The number of hydrogen-bond donors (Lipinski definition) is 2. The molecule has 1 heterocycles. The minimum Gasteiger partial charge on any atom is -0.497 e. The number of sulfone groups is 1. The maximum absolute atomic E-state index is 14.4. The number of carbonyl (C=O) groups excluding carboxylic acids is 1. The van der Waals surface area contributed by atoms with E-state index in [2.05, 4.69) is 5.32 Å². The molecule has 0 spiro atoms. The number of benzene rings is 4. The Morgan fingerprint density at radius 2 is 1.64 bits per heavy atom. The zero-order chi connectivity index (χ0) is 33.1. The molecule has 10 heteroatoms. The summed E-state index contributed by atoms with van der Waals surface area (Å²) in [5.74, 6) is 0.656. The quantitative estimate of drug-likeness (QED) is 0.156. The average molecular weight is 657 g/mol.